The molecule has 0 saturated carbocycles. The molecule has 27 heavy (non-hydrogen) atoms. The summed E-state index contributed by atoms with van der Waals surface area (Å²) in [6.45, 7) is 1.01. The van der Waals surface area contributed by atoms with Gasteiger partial charge < -0.3 is 14.6 Å². The summed E-state index contributed by atoms with van der Waals surface area (Å²) in [5, 5.41) is 11.6. The second-order valence-corrected chi connectivity index (χ2v) is 9.45. The number of piperidine rings is 1. The number of hydrogen-bond acceptors (Lipinski definition) is 6. The van der Waals surface area contributed by atoms with Crippen LogP contribution in [0.5, 0.6) is 5.75 Å². The number of rotatable bonds is 6. The number of carboxylic acids is 1. The number of hydrogen-bond donors (Lipinski definition) is 0. The Labute approximate surface area is 162 Å². The van der Waals surface area contributed by atoms with Crippen molar-refractivity contribution in [3.05, 3.63) is 46.8 Å². The van der Waals surface area contributed by atoms with Gasteiger partial charge in [0.1, 0.15) is 9.96 Å². The fraction of sp³-hybridized carbons (Fsp3) is 0.316. The molecule has 1 aliphatic rings. The first-order valence-corrected chi connectivity index (χ1v) is 10.8. The topological polar surface area (TPSA) is 86.7 Å². The lowest BCUT2D eigenvalue weighted by Gasteiger charge is -2.25. The molecule has 144 valence electrons. The Hall–Kier alpha value is -2.16. The summed E-state index contributed by atoms with van der Waals surface area (Å²) in [4.78, 5) is 12.0. The van der Waals surface area contributed by atoms with E-state index in [2.05, 4.69) is 0 Å². The predicted molar refractivity (Wildman–Crippen MR) is 103 cm³/mol. The van der Waals surface area contributed by atoms with Crippen molar-refractivity contribution >= 4 is 39.0 Å². The van der Waals surface area contributed by atoms with Gasteiger partial charge in [-0.2, -0.15) is 4.31 Å². The summed E-state index contributed by atoms with van der Waals surface area (Å²) in [6, 6.07) is 9.88. The van der Waals surface area contributed by atoms with Crippen LogP contribution in [-0.4, -0.2) is 38.9 Å². The van der Waals surface area contributed by atoms with E-state index in [-0.39, 0.29) is 9.78 Å². The molecule has 1 aromatic carbocycles. The molecule has 1 aliphatic heterocycles. The molecule has 2 heterocycles. The first-order chi connectivity index (χ1) is 12.9. The third-order valence-corrected chi connectivity index (χ3v) is 7.89. The summed E-state index contributed by atoms with van der Waals surface area (Å²) in [6.07, 6.45) is 4.19. The van der Waals surface area contributed by atoms with Gasteiger partial charge in [0.05, 0.1) is 13.1 Å². The highest BCUT2D eigenvalue weighted by Gasteiger charge is 2.27. The minimum absolute atomic E-state index is 0.0507. The van der Waals surface area contributed by atoms with Crippen LogP contribution >= 0.6 is 11.3 Å². The fourth-order valence-electron chi connectivity index (χ4n) is 2.93. The zero-order valence-electron chi connectivity index (χ0n) is 14.9. The minimum Gasteiger partial charge on any atom is -0.545 e. The zero-order valence-corrected chi connectivity index (χ0v) is 16.5. The number of thiophene rings is 1. The van der Waals surface area contributed by atoms with Crippen LogP contribution in [0.2, 0.25) is 0 Å². The van der Waals surface area contributed by atoms with Crippen LogP contribution in [0.15, 0.2) is 40.6 Å². The van der Waals surface area contributed by atoms with Crippen molar-refractivity contribution < 1.29 is 23.1 Å². The molecular formula is C19H20NO5S2-. The van der Waals surface area contributed by atoms with Crippen LogP contribution in [0.4, 0.5) is 0 Å². The van der Waals surface area contributed by atoms with Crippen LogP contribution in [-0.2, 0) is 14.8 Å². The highest BCUT2D eigenvalue weighted by molar-refractivity contribution is 7.91. The van der Waals surface area contributed by atoms with Gasteiger partial charge in [0.25, 0.3) is 10.0 Å². The molecule has 0 aliphatic carbocycles. The summed E-state index contributed by atoms with van der Waals surface area (Å²) in [5.41, 5.74) is 0.606. The van der Waals surface area contributed by atoms with Crippen molar-refractivity contribution in [2.45, 2.75) is 23.5 Å². The SMILES string of the molecule is COc1ccc(/C=C(\C(=O)[O-])c2ccc(S(=O)(=O)N3CCCCC3)s2)cc1. The molecule has 3 rings (SSSR count). The van der Waals surface area contributed by atoms with Crippen molar-refractivity contribution in [3.63, 3.8) is 0 Å². The van der Waals surface area contributed by atoms with Gasteiger partial charge in [0.15, 0.2) is 0 Å². The third-order valence-electron chi connectivity index (χ3n) is 4.40. The number of benzene rings is 1. The number of carbonyl (C=O) groups is 1. The molecule has 0 bridgehead atoms. The standard InChI is InChI=1S/C19H21NO5S2/c1-25-15-7-5-14(6-8-15)13-16(19(21)22)17-9-10-18(26-17)27(23,24)20-11-3-2-4-12-20/h5-10,13H,2-4,11-12H2,1H3,(H,21,22)/p-1/b16-13-. The van der Waals surface area contributed by atoms with Crippen LogP contribution in [0.25, 0.3) is 11.6 Å². The van der Waals surface area contributed by atoms with E-state index < -0.39 is 16.0 Å². The molecule has 0 unspecified atom stereocenters. The molecular weight excluding hydrogens is 386 g/mol. The van der Waals surface area contributed by atoms with Crippen molar-refractivity contribution in [1.82, 2.24) is 4.31 Å². The van der Waals surface area contributed by atoms with Crippen molar-refractivity contribution in [3.8, 4) is 5.75 Å². The maximum absolute atomic E-state index is 12.8. The Morgan fingerprint density at radius 3 is 2.37 bits per heavy atom. The first-order valence-electron chi connectivity index (χ1n) is 8.59. The van der Waals surface area contributed by atoms with Crippen molar-refractivity contribution in [1.29, 1.82) is 0 Å². The van der Waals surface area contributed by atoms with Gasteiger partial charge in [0, 0.05) is 23.5 Å². The maximum atomic E-state index is 12.8. The molecule has 8 heteroatoms. The Balaban J connectivity index is 1.91. The summed E-state index contributed by atoms with van der Waals surface area (Å²) in [7, 11) is -2.04. The van der Waals surface area contributed by atoms with E-state index in [0.29, 0.717) is 29.3 Å². The monoisotopic (exact) mass is 406 g/mol. The lowest BCUT2D eigenvalue weighted by Crippen LogP contribution is -2.35. The second-order valence-electron chi connectivity index (χ2n) is 6.20. The van der Waals surface area contributed by atoms with E-state index in [0.717, 1.165) is 30.6 Å². The smallest absolute Gasteiger partial charge is 0.252 e. The highest BCUT2D eigenvalue weighted by atomic mass is 32.2. The van der Waals surface area contributed by atoms with Gasteiger partial charge in [-0.25, -0.2) is 8.42 Å². The normalized spacial score (nSPS) is 16.3. The molecule has 0 N–H and O–H groups in total. The van der Waals surface area contributed by atoms with Gasteiger partial charge >= 0.3 is 0 Å². The Kier molecular flexibility index (Phi) is 5.98. The molecule has 0 amide bonds. The Morgan fingerprint density at radius 1 is 1.11 bits per heavy atom. The van der Waals surface area contributed by atoms with Crippen LogP contribution < -0.4 is 9.84 Å². The van der Waals surface area contributed by atoms with Gasteiger partial charge in [-0.3, -0.25) is 0 Å². The largest absolute Gasteiger partial charge is 0.545 e. The number of carbonyl (C=O) groups excluding carboxylic acids is 1. The third kappa shape index (κ3) is 4.40. The van der Waals surface area contributed by atoms with Gasteiger partial charge in [0.2, 0.25) is 0 Å². The van der Waals surface area contributed by atoms with E-state index in [1.807, 2.05) is 0 Å². The van der Waals surface area contributed by atoms with E-state index in [9.17, 15) is 18.3 Å². The predicted octanol–water partition coefficient (Wildman–Crippen LogP) is 2.22. The van der Waals surface area contributed by atoms with E-state index in [1.165, 1.54) is 22.5 Å². The lowest BCUT2D eigenvalue weighted by molar-refractivity contribution is -0.295. The summed E-state index contributed by atoms with van der Waals surface area (Å²) in [5.74, 6) is -0.692. The first kappa shape index (κ1) is 19.6. The Morgan fingerprint density at radius 2 is 1.78 bits per heavy atom. The molecule has 6 nitrogen and oxygen atoms in total. The maximum Gasteiger partial charge on any atom is 0.252 e. The summed E-state index contributed by atoms with van der Waals surface area (Å²) < 4.78 is 32.2. The highest BCUT2D eigenvalue weighted by Crippen LogP contribution is 2.31. The number of sulfonamides is 1. The molecule has 1 saturated heterocycles. The minimum atomic E-state index is -3.59. The molecule has 0 atom stereocenters. The van der Waals surface area contributed by atoms with Crippen molar-refractivity contribution in [2.75, 3.05) is 20.2 Å². The van der Waals surface area contributed by atoms with Crippen LogP contribution in [0.1, 0.15) is 29.7 Å². The van der Waals surface area contributed by atoms with Gasteiger partial charge in [-0.05, 0) is 48.7 Å². The zero-order chi connectivity index (χ0) is 19.4. The van der Waals surface area contributed by atoms with E-state index in [4.69, 9.17) is 4.74 Å². The molecule has 1 fully saturated rings. The molecule has 2 aromatic rings. The number of aliphatic carboxylic acids is 1. The molecule has 1 aromatic heterocycles. The average molecular weight is 407 g/mol. The van der Waals surface area contributed by atoms with Crippen molar-refractivity contribution in [2.24, 2.45) is 0 Å². The number of carboxylic acid groups (broad SMARTS) is 1. The molecule has 0 radical (unpaired) electrons. The van der Waals surface area contributed by atoms with E-state index >= 15 is 0 Å². The quantitative estimate of drug-likeness (QED) is 0.687. The molecule has 0 spiro atoms. The van der Waals surface area contributed by atoms with Crippen LogP contribution in [0, 0.1) is 0 Å². The van der Waals surface area contributed by atoms with Crippen LogP contribution in [0.3, 0.4) is 0 Å². The second kappa shape index (κ2) is 8.24. The Bertz CT molecular complexity index is 939. The van der Waals surface area contributed by atoms with E-state index in [1.54, 1.807) is 31.4 Å². The lowest BCUT2D eigenvalue weighted by atomic mass is 10.1. The summed E-state index contributed by atoms with van der Waals surface area (Å²) >= 11 is 0.953. The fourth-order valence-corrected chi connectivity index (χ4v) is 5.91. The number of ether oxygens (including phenoxy) is 1. The van der Waals surface area contributed by atoms with Gasteiger partial charge in [-0.15, -0.1) is 11.3 Å². The van der Waals surface area contributed by atoms with Gasteiger partial charge in [-0.1, -0.05) is 18.6 Å². The average Bonchev–Trinajstić information content (AvgIpc) is 3.17. The number of nitrogens with zero attached hydrogens (tertiary/aromatic N) is 1. The number of methoxy groups -OCH3 is 1.